The zero-order valence-electron chi connectivity index (χ0n) is 24.1. The molecule has 3 heterocycles. The van der Waals surface area contributed by atoms with Crippen molar-refractivity contribution in [1.29, 1.82) is 0 Å². The zero-order valence-corrected chi connectivity index (χ0v) is 26.4. The largest absolute Gasteiger partial charge is 0.358 e. The fourth-order valence-electron chi connectivity index (χ4n) is 6.03. The molecule has 0 unspecified atom stereocenters. The molecular formula is C32H34Cl2N4O4S. The fourth-order valence-corrected chi connectivity index (χ4v) is 8.15. The number of nitrogens with one attached hydrogen (secondary N) is 3. The molecule has 43 heavy (non-hydrogen) atoms. The van der Waals surface area contributed by atoms with Gasteiger partial charge in [0.05, 0.1) is 21.8 Å². The van der Waals surface area contributed by atoms with Crippen LogP contribution >= 0.6 is 23.2 Å². The van der Waals surface area contributed by atoms with Crippen LogP contribution in [0.3, 0.4) is 0 Å². The van der Waals surface area contributed by atoms with Crippen LogP contribution in [0.1, 0.15) is 64.1 Å². The van der Waals surface area contributed by atoms with E-state index in [0.29, 0.717) is 45.6 Å². The lowest BCUT2D eigenvalue weighted by Crippen LogP contribution is -2.43. The van der Waals surface area contributed by atoms with E-state index in [9.17, 15) is 18.0 Å². The number of rotatable bonds is 8. The number of amides is 2. The predicted molar refractivity (Wildman–Crippen MR) is 170 cm³/mol. The van der Waals surface area contributed by atoms with E-state index in [4.69, 9.17) is 23.2 Å². The Labute approximate surface area is 261 Å². The molecule has 2 aliphatic heterocycles. The Hall–Kier alpha value is -3.11. The maximum absolute atomic E-state index is 13.7. The van der Waals surface area contributed by atoms with Crippen LogP contribution in [0.15, 0.2) is 41.3 Å². The number of carbonyl (C=O) groups is 2. The third-order valence-corrected chi connectivity index (χ3v) is 10.9. The molecule has 1 aliphatic carbocycles. The molecule has 226 valence electrons. The van der Waals surface area contributed by atoms with Crippen LogP contribution < -0.4 is 10.6 Å². The number of nitrogens with zero attached hydrogens (tertiary/aromatic N) is 1. The average Bonchev–Trinajstić information content (AvgIpc) is 3.70. The van der Waals surface area contributed by atoms with Crippen molar-refractivity contribution in [2.24, 2.45) is 5.92 Å². The summed E-state index contributed by atoms with van der Waals surface area (Å²) in [6, 6.07) is 10.0. The fraction of sp³-hybridized carbons (Fsp3) is 0.375. The minimum absolute atomic E-state index is 0.00471. The Morgan fingerprint density at radius 2 is 1.86 bits per heavy atom. The van der Waals surface area contributed by atoms with Crippen molar-refractivity contribution in [1.82, 2.24) is 15.2 Å². The summed E-state index contributed by atoms with van der Waals surface area (Å²) in [4.78, 5) is 32.1. The number of H-pyrrole nitrogens is 1. The number of aromatic amines is 1. The van der Waals surface area contributed by atoms with Gasteiger partial charge in [-0.15, -0.1) is 0 Å². The Morgan fingerprint density at radius 1 is 1.12 bits per heavy atom. The van der Waals surface area contributed by atoms with Crippen LogP contribution in [0.25, 0.3) is 11.6 Å². The van der Waals surface area contributed by atoms with Crippen LogP contribution in [0, 0.1) is 19.8 Å². The smallest absolute Gasteiger partial charge is 0.256 e. The van der Waals surface area contributed by atoms with Gasteiger partial charge in [-0.25, -0.2) is 8.42 Å². The van der Waals surface area contributed by atoms with E-state index in [1.807, 2.05) is 18.7 Å². The highest BCUT2D eigenvalue weighted by atomic mass is 35.5. The van der Waals surface area contributed by atoms with E-state index >= 15 is 0 Å². The van der Waals surface area contributed by atoms with E-state index in [-0.39, 0.29) is 32.5 Å². The maximum Gasteiger partial charge on any atom is 0.256 e. The molecule has 0 bridgehead atoms. The molecular weight excluding hydrogens is 607 g/mol. The van der Waals surface area contributed by atoms with Gasteiger partial charge in [-0.2, -0.15) is 0 Å². The minimum atomic E-state index is -3.84. The molecule has 1 aromatic heterocycles. The van der Waals surface area contributed by atoms with Crippen molar-refractivity contribution in [2.75, 3.05) is 25.0 Å². The van der Waals surface area contributed by atoms with Gasteiger partial charge in [0.1, 0.15) is 0 Å². The Bertz CT molecular complexity index is 1740. The van der Waals surface area contributed by atoms with Gasteiger partial charge in [-0.1, -0.05) is 29.3 Å². The van der Waals surface area contributed by atoms with E-state index in [0.717, 1.165) is 43.7 Å². The first-order valence-corrected chi connectivity index (χ1v) is 17.0. The first-order valence-electron chi connectivity index (χ1n) is 14.6. The summed E-state index contributed by atoms with van der Waals surface area (Å²) >= 11 is 12.5. The third kappa shape index (κ3) is 6.13. The number of sulfone groups is 1. The van der Waals surface area contributed by atoms with E-state index in [1.165, 1.54) is 25.0 Å². The second-order valence-electron chi connectivity index (χ2n) is 11.8. The summed E-state index contributed by atoms with van der Waals surface area (Å²) in [5.74, 6) is -0.285. The number of aromatic nitrogens is 1. The van der Waals surface area contributed by atoms with Crippen molar-refractivity contribution >= 4 is 62.2 Å². The highest BCUT2D eigenvalue weighted by Gasteiger charge is 2.31. The van der Waals surface area contributed by atoms with Crippen molar-refractivity contribution in [3.8, 4) is 0 Å². The summed E-state index contributed by atoms with van der Waals surface area (Å²) in [6.45, 7) is 6.14. The molecule has 2 fully saturated rings. The summed E-state index contributed by atoms with van der Waals surface area (Å²) in [7, 11) is -3.84. The van der Waals surface area contributed by atoms with Gasteiger partial charge in [-0.3, -0.25) is 9.59 Å². The molecule has 8 nitrogen and oxygen atoms in total. The first kappa shape index (κ1) is 29.9. The van der Waals surface area contributed by atoms with Crippen molar-refractivity contribution < 1.29 is 18.0 Å². The standard InChI is InChI=1S/C32H34Cl2N4O4S/c1-18-29(36-19(2)30(18)32(40)38-12-4-5-20(16-38)15-35-21-8-9-21)14-24-23-13-22(10-11-28(23)37-31(24)39)43(41,42)17-25-26(33)6-3-7-27(25)34/h3,6-7,10-11,13-14,20-21,35-36H,4-5,8-9,12,15-17H2,1-2H3,(H,37,39)/b24-14-/t20-/m0/s1. The topological polar surface area (TPSA) is 111 Å². The number of hydrogen-bond acceptors (Lipinski definition) is 5. The molecule has 3 N–H and O–H groups in total. The van der Waals surface area contributed by atoms with Gasteiger partial charge in [-0.05, 0) is 94.0 Å². The van der Waals surface area contributed by atoms with E-state index in [2.05, 4.69) is 15.6 Å². The number of carbonyl (C=O) groups excluding carboxylic acids is 2. The van der Waals surface area contributed by atoms with Crippen LogP contribution in [0.5, 0.6) is 0 Å². The molecule has 1 atom stereocenters. The van der Waals surface area contributed by atoms with Gasteiger partial charge >= 0.3 is 0 Å². The average molecular weight is 642 g/mol. The minimum Gasteiger partial charge on any atom is -0.358 e. The van der Waals surface area contributed by atoms with Crippen LogP contribution in [0.2, 0.25) is 10.0 Å². The Kier molecular flexibility index (Phi) is 8.19. The monoisotopic (exact) mass is 640 g/mol. The molecule has 11 heteroatoms. The second-order valence-corrected chi connectivity index (χ2v) is 14.6. The second kappa shape index (κ2) is 11.8. The summed E-state index contributed by atoms with van der Waals surface area (Å²) < 4.78 is 26.8. The number of hydrogen-bond donors (Lipinski definition) is 3. The molecule has 1 saturated carbocycles. The van der Waals surface area contributed by atoms with Crippen LogP contribution in [-0.4, -0.2) is 55.8 Å². The van der Waals surface area contributed by atoms with Gasteiger partial charge in [0, 0.05) is 57.4 Å². The van der Waals surface area contributed by atoms with Crippen LogP contribution in [0.4, 0.5) is 5.69 Å². The number of benzene rings is 2. The van der Waals surface area contributed by atoms with Gasteiger partial charge < -0.3 is 20.5 Å². The Balaban J connectivity index is 1.27. The lowest BCUT2D eigenvalue weighted by atomic mass is 9.96. The number of halogens is 2. The zero-order chi connectivity index (χ0) is 30.5. The number of fused-ring (bicyclic) bond motifs is 1. The molecule has 6 rings (SSSR count). The third-order valence-electron chi connectivity index (χ3n) is 8.59. The highest BCUT2D eigenvalue weighted by molar-refractivity contribution is 7.90. The number of anilines is 1. The lowest BCUT2D eigenvalue weighted by molar-refractivity contribution is -0.110. The quantitative estimate of drug-likeness (QED) is 0.261. The van der Waals surface area contributed by atoms with Gasteiger partial charge in [0.25, 0.3) is 11.8 Å². The first-order chi connectivity index (χ1) is 20.5. The molecule has 3 aliphatic rings. The van der Waals surface area contributed by atoms with E-state index in [1.54, 1.807) is 30.3 Å². The number of aryl methyl sites for hydroxylation is 1. The molecule has 3 aromatic rings. The van der Waals surface area contributed by atoms with Gasteiger partial charge in [0.15, 0.2) is 9.84 Å². The van der Waals surface area contributed by atoms with Gasteiger partial charge in [0.2, 0.25) is 0 Å². The van der Waals surface area contributed by atoms with E-state index < -0.39 is 9.84 Å². The number of likely N-dealkylation sites (tertiary alicyclic amines) is 1. The van der Waals surface area contributed by atoms with Crippen molar-refractivity contribution in [3.63, 3.8) is 0 Å². The molecule has 2 aromatic carbocycles. The lowest BCUT2D eigenvalue weighted by Gasteiger charge is -2.33. The van der Waals surface area contributed by atoms with Crippen LogP contribution in [-0.2, 0) is 20.4 Å². The summed E-state index contributed by atoms with van der Waals surface area (Å²) in [6.07, 6.45) is 6.27. The molecule has 0 radical (unpaired) electrons. The maximum atomic E-state index is 13.7. The Morgan fingerprint density at radius 3 is 2.58 bits per heavy atom. The van der Waals surface area contributed by atoms with Crippen molar-refractivity contribution in [3.05, 3.63) is 80.1 Å². The summed E-state index contributed by atoms with van der Waals surface area (Å²) in [5.41, 5.74) is 4.37. The SMILES string of the molecule is Cc1[nH]c(/C=C2\C(=O)Nc3ccc(S(=O)(=O)Cc4c(Cl)cccc4Cl)cc32)c(C)c1C(=O)N1CCC[C@@H](CNC2CC2)C1. The molecule has 2 amide bonds. The number of piperidine rings is 1. The molecule has 1 saturated heterocycles. The van der Waals surface area contributed by atoms with Crippen molar-refractivity contribution in [2.45, 2.75) is 56.2 Å². The summed E-state index contributed by atoms with van der Waals surface area (Å²) in [5, 5.41) is 6.96. The molecule has 0 spiro atoms. The normalized spacial score (nSPS) is 19.5. The predicted octanol–water partition coefficient (Wildman–Crippen LogP) is 6.01. The highest BCUT2D eigenvalue weighted by Crippen LogP contribution is 2.37.